The fourth-order valence-electron chi connectivity index (χ4n) is 1.35. The predicted octanol–water partition coefficient (Wildman–Crippen LogP) is 1.95. The van der Waals surface area contributed by atoms with Gasteiger partial charge in [-0.25, -0.2) is 9.97 Å². The molecule has 0 bridgehead atoms. The number of nitrogens with two attached hydrogens (primary N) is 1. The summed E-state index contributed by atoms with van der Waals surface area (Å²) in [4.78, 5) is 19.4. The summed E-state index contributed by atoms with van der Waals surface area (Å²) in [7, 11) is 0. The van der Waals surface area contributed by atoms with Gasteiger partial charge in [0.25, 0.3) is 0 Å². The van der Waals surface area contributed by atoms with Crippen molar-refractivity contribution in [3.8, 4) is 0 Å². The number of hydrogen-bond acceptors (Lipinski definition) is 4. The maximum atomic E-state index is 11.9. The number of rotatable bonds is 4. The van der Waals surface area contributed by atoms with Crippen molar-refractivity contribution >= 4 is 34.8 Å². The summed E-state index contributed by atoms with van der Waals surface area (Å²) in [6.07, 6.45) is 1.23. The van der Waals surface area contributed by atoms with E-state index in [1.807, 2.05) is 13.8 Å². The first-order valence-corrected chi connectivity index (χ1v) is 5.89. The van der Waals surface area contributed by atoms with E-state index in [0.717, 1.165) is 0 Å². The number of carbonyl (C=O) groups is 1. The zero-order chi connectivity index (χ0) is 13.0. The van der Waals surface area contributed by atoms with Gasteiger partial charge in [-0.1, -0.05) is 37.0 Å². The van der Waals surface area contributed by atoms with E-state index >= 15 is 0 Å². The summed E-state index contributed by atoms with van der Waals surface area (Å²) < 4.78 is 0. The third-order valence-corrected chi connectivity index (χ3v) is 2.97. The molecule has 0 aliphatic rings. The summed E-state index contributed by atoms with van der Waals surface area (Å²) in [6, 6.07) is 0. The summed E-state index contributed by atoms with van der Waals surface area (Å²) in [5.74, 6) is -0.411. The molecule has 1 heterocycles. The van der Waals surface area contributed by atoms with Crippen LogP contribution in [0.5, 0.6) is 0 Å². The van der Waals surface area contributed by atoms with E-state index in [4.69, 9.17) is 28.9 Å². The largest absolute Gasteiger partial charge is 0.330 e. The van der Waals surface area contributed by atoms with E-state index in [1.165, 1.54) is 6.33 Å². The van der Waals surface area contributed by atoms with Crippen LogP contribution in [0.1, 0.15) is 13.8 Å². The monoisotopic (exact) mass is 276 g/mol. The van der Waals surface area contributed by atoms with Crippen LogP contribution in [0.15, 0.2) is 6.33 Å². The van der Waals surface area contributed by atoms with Crippen molar-refractivity contribution < 1.29 is 4.79 Å². The molecule has 1 aromatic rings. The van der Waals surface area contributed by atoms with Crippen molar-refractivity contribution in [1.82, 2.24) is 9.97 Å². The molecule has 0 fully saturated rings. The van der Waals surface area contributed by atoms with Crippen molar-refractivity contribution in [1.29, 1.82) is 0 Å². The number of carbonyl (C=O) groups excluding carboxylic acids is 1. The molecule has 0 aliphatic heterocycles. The number of anilines is 1. The maximum Gasteiger partial charge on any atom is 0.229 e. The van der Waals surface area contributed by atoms with Gasteiger partial charge in [-0.05, 0) is 5.92 Å². The standard InChI is InChI=1S/C10H14Cl2N4O/c1-5(2)6(3-13)10(17)16-7-8(11)14-4-15-9(7)12/h4-6H,3,13H2,1-2H3,(H,16,17). The molecule has 7 heteroatoms. The highest BCUT2D eigenvalue weighted by molar-refractivity contribution is 6.38. The number of hydrogen-bond donors (Lipinski definition) is 2. The molecule has 0 saturated carbocycles. The lowest BCUT2D eigenvalue weighted by atomic mass is 9.95. The molecule has 1 rings (SSSR count). The summed E-state index contributed by atoms with van der Waals surface area (Å²) in [6.45, 7) is 4.09. The Kier molecular flexibility index (Phi) is 5.11. The van der Waals surface area contributed by atoms with E-state index < -0.39 is 0 Å². The van der Waals surface area contributed by atoms with Gasteiger partial charge in [0.1, 0.15) is 12.0 Å². The first-order chi connectivity index (χ1) is 7.97. The van der Waals surface area contributed by atoms with Gasteiger partial charge in [-0.15, -0.1) is 0 Å². The average molecular weight is 277 g/mol. The Balaban J connectivity index is 2.87. The second kappa shape index (κ2) is 6.14. The molecule has 0 aromatic carbocycles. The van der Waals surface area contributed by atoms with Gasteiger partial charge in [-0.3, -0.25) is 4.79 Å². The molecule has 0 radical (unpaired) electrons. The van der Waals surface area contributed by atoms with Crippen LogP contribution in [-0.4, -0.2) is 22.4 Å². The first kappa shape index (κ1) is 14.2. The average Bonchev–Trinajstić information content (AvgIpc) is 2.24. The van der Waals surface area contributed by atoms with Gasteiger partial charge < -0.3 is 11.1 Å². The quantitative estimate of drug-likeness (QED) is 0.824. The molecular formula is C10H14Cl2N4O. The van der Waals surface area contributed by atoms with Crippen LogP contribution in [0, 0.1) is 11.8 Å². The van der Waals surface area contributed by atoms with E-state index in [-0.39, 0.29) is 40.3 Å². The van der Waals surface area contributed by atoms with Gasteiger partial charge in [0.2, 0.25) is 5.91 Å². The molecule has 1 aromatic heterocycles. The molecule has 17 heavy (non-hydrogen) atoms. The molecule has 1 amide bonds. The molecule has 3 N–H and O–H groups in total. The van der Waals surface area contributed by atoms with Crippen LogP contribution in [0.4, 0.5) is 5.69 Å². The minimum absolute atomic E-state index is 0.109. The van der Waals surface area contributed by atoms with Crippen molar-refractivity contribution in [3.63, 3.8) is 0 Å². The highest BCUT2D eigenvalue weighted by Gasteiger charge is 2.22. The van der Waals surface area contributed by atoms with Crippen molar-refractivity contribution in [2.45, 2.75) is 13.8 Å². The minimum atomic E-state index is -0.303. The summed E-state index contributed by atoms with van der Waals surface area (Å²) in [5, 5.41) is 2.82. The molecule has 1 unspecified atom stereocenters. The Morgan fingerprint density at radius 3 is 2.35 bits per heavy atom. The van der Waals surface area contributed by atoms with Gasteiger partial charge >= 0.3 is 0 Å². The normalized spacial score (nSPS) is 12.6. The maximum absolute atomic E-state index is 11.9. The summed E-state index contributed by atoms with van der Waals surface area (Å²) in [5.41, 5.74) is 5.77. The lowest BCUT2D eigenvalue weighted by Gasteiger charge is -2.18. The Hall–Kier alpha value is -0.910. The third kappa shape index (κ3) is 3.52. The van der Waals surface area contributed by atoms with Crippen LogP contribution in [0.2, 0.25) is 10.3 Å². The Morgan fingerprint density at radius 1 is 1.41 bits per heavy atom. The smallest absolute Gasteiger partial charge is 0.229 e. The Bertz CT molecular complexity index is 391. The predicted molar refractivity (Wildman–Crippen MR) is 68.1 cm³/mol. The molecule has 0 saturated heterocycles. The van der Waals surface area contributed by atoms with Crippen LogP contribution in [0.25, 0.3) is 0 Å². The molecule has 5 nitrogen and oxygen atoms in total. The second-order valence-electron chi connectivity index (χ2n) is 3.91. The lowest BCUT2D eigenvalue weighted by molar-refractivity contribution is -0.120. The number of nitrogens with one attached hydrogen (secondary N) is 1. The second-order valence-corrected chi connectivity index (χ2v) is 4.62. The SMILES string of the molecule is CC(C)C(CN)C(=O)Nc1c(Cl)ncnc1Cl. The van der Waals surface area contributed by atoms with Crippen molar-refractivity contribution in [2.75, 3.05) is 11.9 Å². The number of halogens is 2. The molecule has 0 aliphatic carbocycles. The fraction of sp³-hybridized carbons (Fsp3) is 0.500. The highest BCUT2D eigenvalue weighted by atomic mass is 35.5. The van der Waals surface area contributed by atoms with Crippen LogP contribution < -0.4 is 11.1 Å². The number of nitrogens with zero attached hydrogens (tertiary/aromatic N) is 2. The van der Waals surface area contributed by atoms with E-state index in [9.17, 15) is 4.79 Å². The minimum Gasteiger partial charge on any atom is -0.330 e. The van der Waals surface area contributed by atoms with Crippen molar-refractivity contribution in [2.24, 2.45) is 17.6 Å². The third-order valence-electron chi connectivity index (χ3n) is 2.40. The topological polar surface area (TPSA) is 80.9 Å². The zero-order valence-electron chi connectivity index (χ0n) is 9.58. The summed E-state index contributed by atoms with van der Waals surface area (Å²) >= 11 is 11.6. The zero-order valence-corrected chi connectivity index (χ0v) is 11.1. The Labute approximate surface area is 110 Å². The number of aromatic nitrogens is 2. The van der Waals surface area contributed by atoms with Crippen LogP contribution >= 0.6 is 23.2 Å². The van der Waals surface area contributed by atoms with Crippen LogP contribution in [-0.2, 0) is 4.79 Å². The fourth-order valence-corrected chi connectivity index (χ4v) is 1.75. The molecule has 1 atom stereocenters. The number of amides is 1. The Morgan fingerprint density at radius 2 is 1.94 bits per heavy atom. The van der Waals surface area contributed by atoms with E-state index in [0.29, 0.717) is 0 Å². The highest BCUT2D eigenvalue weighted by Crippen LogP contribution is 2.26. The molecule has 94 valence electrons. The molecule has 0 spiro atoms. The molecular weight excluding hydrogens is 263 g/mol. The first-order valence-electron chi connectivity index (χ1n) is 5.14. The van der Waals surface area contributed by atoms with E-state index in [2.05, 4.69) is 15.3 Å². The van der Waals surface area contributed by atoms with Gasteiger partial charge in [0.05, 0.1) is 5.92 Å². The van der Waals surface area contributed by atoms with Crippen LogP contribution in [0.3, 0.4) is 0 Å². The van der Waals surface area contributed by atoms with Gasteiger partial charge in [0, 0.05) is 6.54 Å². The van der Waals surface area contributed by atoms with Gasteiger partial charge in [0.15, 0.2) is 10.3 Å². The van der Waals surface area contributed by atoms with Crippen molar-refractivity contribution in [3.05, 3.63) is 16.6 Å². The van der Waals surface area contributed by atoms with Gasteiger partial charge in [-0.2, -0.15) is 0 Å². The lowest BCUT2D eigenvalue weighted by Crippen LogP contribution is -2.33. The van der Waals surface area contributed by atoms with E-state index in [1.54, 1.807) is 0 Å².